The van der Waals surface area contributed by atoms with Crippen LogP contribution in [0.3, 0.4) is 0 Å². The van der Waals surface area contributed by atoms with E-state index in [1.165, 1.54) is 32.1 Å². The first-order chi connectivity index (χ1) is 8.66. The van der Waals surface area contributed by atoms with Crippen LogP contribution in [0.2, 0.25) is 0 Å². The van der Waals surface area contributed by atoms with Crippen LogP contribution < -0.4 is 5.32 Å². The number of amides is 1. The molecule has 1 amide bonds. The summed E-state index contributed by atoms with van der Waals surface area (Å²) < 4.78 is 0. The number of nitrogens with one attached hydrogen (secondary N) is 1. The van der Waals surface area contributed by atoms with Gasteiger partial charge in [-0.1, -0.05) is 13.8 Å². The van der Waals surface area contributed by atoms with Crippen molar-refractivity contribution in [2.45, 2.75) is 58.4 Å². The highest BCUT2D eigenvalue weighted by molar-refractivity contribution is 5.76. The summed E-state index contributed by atoms with van der Waals surface area (Å²) in [5, 5.41) is 3.42. The van der Waals surface area contributed by atoms with Crippen LogP contribution in [0, 0.1) is 11.8 Å². The summed E-state index contributed by atoms with van der Waals surface area (Å²) >= 11 is 0. The highest BCUT2D eigenvalue weighted by Crippen LogP contribution is 2.24. The topological polar surface area (TPSA) is 32.3 Å². The van der Waals surface area contributed by atoms with Gasteiger partial charge in [0.1, 0.15) is 0 Å². The zero-order valence-corrected chi connectivity index (χ0v) is 12.0. The van der Waals surface area contributed by atoms with E-state index in [9.17, 15) is 4.79 Å². The van der Waals surface area contributed by atoms with Gasteiger partial charge in [-0.15, -0.1) is 0 Å². The highest BCUT2D eigenvalue weighted by Gasteiger charge is 2.23. The number of carbonyl (C=O) groups excluding carboxylic acids is 1. The van der Waals surface area contributed by atoms with Crippen molar-refractivity contribution in [2.24, 2.45) is 11.8 Å². The van der Waals surface area contributed by atoms with Crippen molar-refractivity contribution in [1.82, 2.24) is 10.2 Å². The summed E-state index contributed by atoms with van der Waals surface area (Å²) in [5.41, 5.74) is 0. The SMILES string of the molecule is CC(C)C1CCCN(C(=O)CCNC2CC2)CC1. The van der Waals surface area contributed by atoms with E-state index in [0.717, 1.165) is 31.5 Å². The average molecular weight is 252 g/mol. The van der Waals surface area contributed by atoms with E-state index in [1.807, 2.05) is 0 Å². The number of nitrogens with zero attached hydrogens (tertiary/aromatic N) is 1. The summed E-state index contributed by atoms with van der Waals surface area (Å²) in [5.74, 6) is 1.93. The molecule has 2 fully saturated rings. The second kappa shape index (κ2) is 6.55. The summed E-state index contributed by atoms with van der Waals surface area (Å²) in [4.78, 5) is 14.2. The lowest BCUT2D eigenvalue weighted by atomic mass is 9.89. The number of hydrogen-bond acceptors (Lipinski definition) is 2. The van der Waals surface area contributed by atoms with Crippen LogP contribution in [0.15, 0.2) is 0 Å². The van der Waals surface area contributed by atoms with Crippen molar-refractivity contribution in [3.63, 3.8) is 0 Å². The molecule has 1 heterocycles. The molecule has 1 unspecified atom stereocenters. The third-order valence-corrected chi connectivity index (χ3v) is 4.42. The average Bonchev–Trinajstić information content (AvgIpc) is 3.14. The lowest BCUT2D eigenvalue weighted by molar-refractivity contribution is -0.131. The third kappa shape index (κ3) is 4.27. The maximum atomic E-state index is 12.1. The molecule has 1 N–H and O–H groups in total. The zero-order chi connectivity index (χ0) is 13.0. The Morgan fingerprint density at radius 1 is 1.22 bits per heavy atom. The maximum Gasteiger partial charge on any atom is 0.223 e. The quantitative estimate of drug-likeness (QED) is 0.815. The summed E-state index contributed by atoms with van der Waals surface area (Å²) in [7, 11) is 0. The molecule has 1 atom stereocenters. The minimum Gasteiger partial charge on any atom is -0.343 e. The Morgan fingerprint density at radius 2 is 2.00 bits per heavy atom. The predicted molar refractivity (Wildman–Crippen MR) is 74.4 cm³/mol. The molecule has 3 nitrogen and oxygen atoms in total. The fourth-order valence-electron chi connectivity index (χ4n) is 2.87. The molecular formula is C15H28N2O. The molecule has 0 spiro atoms. The van der Waals surface area contributed by atoms with Gasteiger partial charge in [0.25, 0.3) is 0 Å². The van der Waals surface area contributed by atoms with Crippen LogP contribution in [0.1, 0.15) is 52.4 Å². The van der Waals surface area contributed by atoms with Gasteiger partial charge in [-0.2, -0.15) is 0 Å². The Balaban J connectivity index is 1.68. The number of likely N-dealkylation sites (tertiary alicyclic amines) is 1. The molecule has 1 saturated heterocycles. The Hall–Kier alpha value is -0.570. The van der Waals surface area contributed by atoms with Crippen molar-refractivity contribution in [3.8, 4) is 0 Å². The third-order valence-electron chi connectivity index (χ3n) is 4.42. The van der Waals surface area contributed by atoms with Crippen molar-refractivity contribution in [1.29, 1.82) is 0 Å². The predicted octanol–water partition coefficient (Wildman–Crippen LogP) is 2.41. The second-order valence-corrected chi connectivity index (χ2v) is 6.29. The van der Waals surface area contributed by atoms with Crippen LogP contribution in [0.5, 0.6) is 0 Å². The van der Waals surface area contributed by atoms with Crippen LogP contribution in [0.25, 0.3) is 0 Å². The van der Waals surface area contributed by atoms with Gasteiger partial charge in [0.05, 0.1) is 0 Å². The minimum absolute atomic E-state index is 0.354. The van der Waals surface area contributed by atoms with E-state index in [4.69, 9.17) is 0 Å². The van der Waals surface area contributed by atoms with Crippen molar-refractivity contribution >= 4 is 5.91 Å². The van der Waals surface area contributed by atoms with Crippen LogP contribution in [0.4, 0.5) is 0 Å². The Morgan fingerprint density at radius 3 is 2.67 bits per heavy atom. The summed E-state index contributed by atoms with van der Waals surface area (Å²) in [6.07, 6.45) is 6.96. The van der Waals surface area contributed by atoms with Crippen molar-refractivity contribution < 1.29 is 4.79 Å². The molecule has 1 saturated carbocycles. The van der Waals surface area contributed by atoms with E-state index in [1.54, 1.807) is 0 Å². The first-order valence-electron chi connectivity index (χ1n) is 7.68. The summed E-state index contributed by atoms with van der Waals surface area (Å²) in [6, 6.07) is 0.715. The van der Waals surface area contributed by atoms with E-state index >= 15 is 0 Å². The van der Waals surface area contributed by atoms with Crippen molar-refractivity contribution in [2.75, 3.05) is 19.6 Å². The lowest BCUT2D eigenvalue weighted by Crippen LogP contribution is -2.34. The van der Waals surface area contributed by atoms with E-state index in [-0.39, 0.29) is 0 Å². The van der Waals surface area contributed by atoms with E-state index in [0.29, 0.717) is 18.4 Å². The Bertz CT molecular complexity index is 274. The molecule has 2 rings (SSSR count). The van der Waals surface area contributed by atoms with Gasteiger partial charge in [0, 0.05) is 32.1 Å². The maximum absolute atomic E-state index is 12.1. The van der Waals surface area contributed by atoms with E-state index in [2.05, 4.69) is 24.1 Å². The highest BCUT2D eigenvalue weighted by atomic mass is 16.2. The first-order valence-corrected chi connectivity index (χ1v) is 7.68. The van der Waals surface area contributed by atoms with Crippen molar-refractivity contribution in [3.05, 3.63) is 0 Å². The molecule has 0 bridgehead atoms. The summed E-state index contributed by atoms with van der Waals surface area (Å²) in [6.45, 7) is 7.44. The van der Waals surface area contributed by atoms with Gasteiger partial charge >= 0.3 is 0 Å². The van der Waals surface area contributed by atoms with Gasteiger partial charge in [0.2, 0.25) is 5.91 Å². The van der Waals surface area contributed by atoms with Gasteiger partial charge < -0.3 is 10.2 Å². The molecule has 0 aromatic carbocycles. The monoisotopic (exact) mass is 252 g/mol. The standard InChI is InChI=1S/C15H28N2O/c1-12(2)13-4-3-10-17(11-8-13)15(18)7-9-16-14-5-6-14/h12-14,16H,3-11H2,1-2H3. The Labute approximate surface area is 111 Å². The normalized spacial score (nSPS) is 25.3. The molecule has 3 heteroatoms. The van der Waals surface area contributed by atoms with Gasteiger partial charge in [-0.3, -0.25) is 4.79 Å². The lowest BCUT2D eigenvalue weighted by Gasteiger charge is -2.21. The number of carbonyl (C=O) groups is 1. The molecule has 1 aliphatic heterocycles. The first kappa shape index (κ1) is 13.9. The smallest absolute Gasteiger partial charge is 0.223 e. The fraction of sp³-hybridized carbons (Fsp3) is 0.933. The molecule has 0 radical (unpaired) electrons. The zero-order valence-electron chi connectivity index (χ0n) is 12.0. The van der Waals surface area contributed by atoms with Crippen LogP contribution in [-0.4, -0.2) is 36.5 Å². The van der Waals surface area contributed by atoms with Crippen LogP contribution >= 0.6 is 0 Å². The fourth-order valence-corrected chi connectivity index (χ4v) is 2.87. The number of hydrogen-bond donors (Lipinski definition) is 1. The van der Waals surface area contributed by atoms with Gasteiger partial charge in [0.15, 0.2) is 0 Å². The molecule has 0 aromatic heterocycles. The van der Waals surface area contributed by atoms with Gasteiger partial charge in [-0.05, 0) is 43.9 Å². The molecule has 0 aromatic rings. The van der Waals surface area contributed by atoms with Gasteiger partial charge in [-0.25, -0.2) is 0 Å². The molecular weight excluding hydrogens is 224 g/mol. The number of rotatable bonds is 5. The molecule has 1 aliphatic carbocycles. The molecule has 104 valence electrons. The minimum atomic E-state index is 0.354. The largest absolute Gasteiger partial charge is 0.343 e. The second-order valence-electron chi connectivity index (χ2n) is 6.29. The Kier molecular flexibility index (Phi) is 5.04. The van der Waals surface area contributed by atoms with Crippen LogP contribution in [-0.2, 0) is 4.79 Å². The molecule has 18 heavy (non-hydrogen) atoms. The van der Waals surface area contributed by atoms with E-state index < -0.39 is 0 Å². The molecule has 2 aliphatic rings.